The number of nitrogens with one attached hydrogen (secondary N) is 1. The third-order valence-corrected chi connectivity index (χ3v) is 3.68. The van der Waals surface area contributed by atoms with Gasteiger partial charge in [0.05, 0.1) is 0 Å². The summed E-state index contributed by atoms with van der Waals surface area (Å²) in [5, 5.41) is 3.12. The molecule has 94 valence electrons. The number of benzene rings is 2. The molecule has 0 atom stereocenters. The molecule has 0 aromatic heterocycles. The predicted octanol–water partition coefficient (Wildman–Crippen LogP) is 3.84. The first-order chi connectivity index (χ1) is 8.78. The fraction of sp³-hybridized carbons (Fsp3) is 0.200. The minimum atomic E-state index is -0.169. The van der Waals surface area contributed by atoms with E-state index in [4.69, 9.17) is 0 Å². The Bertz CT molecular complexity index is 496. The highest BCUT2D eigenvalue weighted by Gasteiger charge is 1.98. The molecule has 0 heterocycles. The molecule has 0 amide bonds. The van der Waals surface area contributed by atoms with Gasteiger partial charge in [0.15, 0.2) is 0 Å². The van der Waals surface area contributed by atoms with Gasteiger partial charge in [-0.25, -0.2) is 4.39 Å². The molecule has 2 aromatic rings. The van der Waals surface area contributed by atoms with Crippen LogP contribution < -0.4 is 5.32 Å². The van der Waals surface area contributed by atoms with E-state index in [2.05, 4.69) is 29.6 Å². The van der Waals surface area contributed by atoms with Crippen molar-refractivity contribution in [1.82, 2.24) is 5.32 Å². The smallest absolute Gasteiger partial charge is 0.123 e. The van der Waals surface area contributed by atoms with Gasteiger partial charge in [-0.3, -0.25) is 0 Å². The summed E-state index contributed by atoms with van der Waals surface area (Å²) in [6.45, 7) is 0.884. The Morgan fingerprint density at radius 2 is 1.83 bits per heavy atom. The first kappa shape index (κ1) is 13.1. The van der Waals surface area contributed by atoms with E-state index in [0.717, 1.165) is 17.9 Å². The largest absolute Gasteiger partial charge is 0.316 e. The van der Waals surface area contributed by atoms with E-state index in [1.54, 1.807) is 23.9 Å². The van der Waals surface area contributed by atoms with Crippen molar-refractivity contribution in [2.75, 3.05) is 7.05 Å². The minimum absolute atomic E-state index is 0.169. The predicted molar refractivity (Wildman–Crippen MR) is 75.2 cm³/mol. The quantitative estimate of drug-likeness (QED) is 0.821. The zero-order valence-electron chi connectivity index (χ0n) is 10.3. The molecule has 0 aliphatic heterocycles. The van der Waals surface area contributed by atoms with Gasteiger partial charge in [-0.1, -0.05) is 24.3 Å². The lowest BCUT2D eigenvalue weighted by Crippen LogP contribution is -2.04. The van der Waals surface area contributed by atoms with E-state index in [1.165, 1.54) is 16.5 Å². The molecule has 0 spiro atoms. The molecule has 18 heavy (non-hydrogen) atoms. The van der Waals surface area contributed by atoms with Crippen LogP contribution in [-0.4, -0.2) is 7.05 Å². The summed E-state index contributed by atoms with van der Waals surface area (Å²) in [7, 11) is 1.94. The van der Waals surface area contributed by atoms with Gasteiger partial charge in [-0.15, -0.1) is 11.8 Å². The first-order valence-corrected chi connectivity index (χ1v) is 6.87. The van der Waals surface area contributed by atoms with Crippen molar-refractivity contribution in [3.8, 4) is 0 Å². The summed E-state index contributed by atoms with van der Waals surface area (Å²) in [5.41, 5.74) is 2.28. The average Bonchev–Trinajstić information content (AvgIpc) is 2.38. The van der Waals surface area contributed by atoms with Crippen LogP contribution in [0.15, 0.2) is 53.4 Å². The maximum atomic E-state index is 13.0. The van der Waals surface area contributed by atoms with Gasteiger partial charge in [0.2, 0.25) is 0 Å². The molecule has 1 nitrogen and oxygen atoms in total. The molecule has 2 aromatic carbocycles. The molecule has 0 aliphatic carbocycles. The molecule has 0 radical (unpaired) electrons. The highest BCUT2D eigenvalue weighted by molar-refractivity contribution is 7.98. The summed E-state index contributed by atoms with van der Waals surface area (Å²) in [6.07, 6.45) is 0. The van der Waals surface area contributed by atoms with Crippen LogP contribution in [0, 0.1) is 5.82 Å². The monoisotopic (exact) mass is 261 g/mol. The van der Waals surface area contributed by atoms with Crippen LogP contribution in [0.25, 0.3) is 0 Å². The van der Waals surface area contributed by atoms with E-state index >= 15 is 0 Å². The summed E-state index contributed by atoms with van der Waals surface area (Å²) in [6, 6.07) is 15.2. The Morgan fingerprint density at radius 3 is 2.50 bits per heavy atom. The minimum Gasteiger partial charge on any atom is -0.316 e. The summed E-state index contributed by atoms with van der Waals surface area (Å²) >= 11 is 1.72. The fourth-order valence-electron chi connectivity index (χ4n) is 1.70. The van der Waals surface area contributed by atoms with Gasteiger partial charge >= 0.3 is 0 Å². The van der Waals surface area contributed by atoms with Gasteiger partial charge in [0.25, 0.3) is 0 Å². The topological polar surface area (TPSA) is 12.0 Å². The van der Waals surface area contributed by atoms with E-state index in [9.17, 15) is 4.39 Å². The molecule has 0 bridgehead atoms. The molecule has 0 aliphatic rings. The van der Waals surface area contributed by atoms with Crippen LogP contribution in [0.3, 0.4) is 0 Å². The zero-order valence-corrected chi connectivity index (χ0v) is 11.1. The lowest BCUT2D eigenvalue weighted by atomic mass is 10.2. The molecule has 2 rings (SSSR count). The SMILES string of the molecule is CNCc1ccc(SCc2cccc(F)c2)cc1. The summed E-state index contributed by atoms with van der Waals surface area (Å²) in [5.74, 6) is 0.626. The lowest BCUT2D eigenvalue weighted by molar-refractivity contribution is 0.626. The Morgan fingerprint density at radius 1 is 1.06 bits per heavy atom. The Labute approximate surface area is 111 Å². The lowest BCUT2D eigenvalue weighted by Gasteiger charge is -2.04. The molecule has 0 fully saturated rings. The second kappa shape index (κ2) is 6.57. The Balaban J connectivity index is 1.93. The number of rotatable bonds is 5. The second-order valence-electron chi connectivity index (χ2n) is 4.09. The van der Waals surface area contributed by atoms with Crippen molar-refractivity contribution in [3.63, 3.8) is 0 Å². The third-order valence-electron chi connectivity index (χ3n) is 2.60. The van der Waals surface area contributed by atoms with Crippen molar-refractivity contribution in [2.24, 2.45) is 0 Å². The van der Waals surface area contributed by atoms with Crippen molar-refractivity contribution in [2.45, 2.75) is 17.2 Å². The van der Waals surface area contributed by atoms with Crippen LogP contribution in [0.1, 0.15) is 11.1 Å². The third kappa shape index (κ3) is 3.86. The van der Waals surface area contributed by atoms with Crippen LogP contribution in [0.4, 0.5) is 4.39 Å². The maximum Gasteiger partial charge on any atom is 0.123 e. The number of hydrogen-bond acceptors (Lipinski definition) is 2. The number of hydrogen-bond donors (Lipinski definition) is 1. The number of thioether (sulfide) groups is 1. The van der Waals surface area contributed by atoms with Gasteiger partial charge in [0, 0.05) is 17.2 Å². The second-order valence-corrected chi connectivity index (χ2v) is 5.14. The van der Waals surface area contributed by atoms with E-state index in [0.29, 0.717) is 0 Å². The number of halogens is 1. The molecule has 0 unspecified atom stereocenters. The Hall–Kier alpha value is -1.32. The van der Waals surface area contributed by atoms with Crippen LogP contribution in [0.2, 0.25) is 0 Å². The van der Waals surface area contributed by atoms with Crippen LogP contribution in [0.5, 0.6) is 0 Å². The van der Waals surface area contributed by atoms with Gasteiger partial charge < -0.3 is 5.32 Å². The van der Waals surface area contributed by atoms with Crippen molar-refractivity contribution in [1.29, 1.82) is 0 Å². The van der Waals surface area contributed by atoms with E-state index in [-0.39, 0.29) is 5.82 Å². The van der Waals surface area contributed by atoms with Gasteiger partial charge in [-0.05, 0) is 42.4 Å². The maximum absolute atomic E-state index is 13.0. The molecular weight excluding hydrogens is 245 g/mol. The van der Waals surface area contributed by atoms with Gasteiger partial charge in [0.1, 0.15) is 5.82 Å². The molecule has 1 N–H and O–H groups in total. The fourth-order valence-corrected chi connectivity index (χ4v) is 2.54. The molecule has 3 heteroatoms. The van der Waals surface area contributed by atoms with Gasteiger partial charge in [-0.2, -0.15) is 0 Å². The normalized spacial score (nSPS) is 10.6. The zero-order chi connectivity index (χ0) is 12.8. The molecular formula is C15H16FNS. The average molecular weight is 261 g/mol. The van der Waals surface area contributed by atoms with E-state index < -0.39 is 0 Å². The molecule has 0 saturated heterocycles. The molecule has 0 saturated carbocycles. The first-order valence-electron chi connectivity index (χ1n) is 5.89. The van der Waals surface area contributed by atoms with Crippen molar-refractivity contribution < 1.29 is 4.39 Å². The van der Waals surface area contributed by atoms with Crippen molar-refractivity contribution in [3.05, 3.63) is 65.5 Å². The van der Waals surface area contributed by atoms with E-state index in [1.807, 2.05) is 13.1 Å². The Kier molecular flexibility index (Phi) is 4.79. The van der Waals surface area contributed by atoms with Crippen LogP contribution in [-0.2, 0) is 12.3 Å². The highest BCUT2D eigenvalue weighted by atomic mass is 32.2. The van der Waals surface area contributed by atoms with Crippen molar-refractivity contribution >= 4 is 11.8 Å². The summed E-state index contributed by atoms with van der Waals surface area (Å²) < 4.78 is 13.0. The summed E-state index contributed by atoms with van der Waals surface area (Å²) in [4.78, 5) is 1.21. The standard InChI is InChI=1S/C15H16FNS/c1-17-10-12-5-7-15(8-6-12)18-11-13-3-2-4-14(16)9-13/h2-9,17H,10-11H2,1H3. The highest BCUT2D eigenvalue weighted by Crippen LogP contribution is 2.23. The van der Waals surface area contributed by atoms with Crippen LogP contribution >= 0.6 is 11.8 Å².